The molecule has 1 unspecified atom stereocenters. The molecule has 4 rings (SSSR count). The van der Waals surface area contributed by atoms with Crippen LogP contribution in [0.2, 0.25) is 0 Å². The van der Waals surface area contributed by atoms with Crippen molar-refractivity contribution >= 4 is 40.9 Å². The van der Waals surface area contributed by atoms with Crippen molar-refractivity contribution in [2.24, 2.45) is 11.5 Å². The Morgan fingerprint density at radius 3 is 2.19 bits per heavy atom. The molecule has 15 heteroatoms. The summed E-state index contributed by atoms with van der Waals surface area (Å²) >= 11 is 1.06. The molecule has 2 amide bonds. The summed E-state index contributed by atoms with van der Waals surface area (Å²) in [7, 11) is 0. The van der Waals surface area contributed by atoms with E-state index in [9.17, 15) is 37.5 Å². The zero-order valence-corrected chi connectivity index (χ0v) is 23.0. The fourth-order valence-electron chi connectivity index (χ4n) is 3.75. The molecule has 0 fully saturated rings. The molecule has 0 bridgehead atoms. The molecule has 0 aliphatic heterocycles. The Labute approximate surface area is 246 Å². The number of fused-ring (bicyclic) bond motifs is 1. The second kappa shape index (κ2) is 15.2. The SMILES string of the molecule is N#Cc1c(C(N)=O)sc2c1CCCC2=O.NCc1cccc(C(=O)NC(C(=O)O)c2ccccc2)c1.O=C(O)C(F)(F)F. The van der Waals surface area contributed by atoms with E-state index < -0.39 is 36.0 Å². The average Bonchev–Trinajstić information content (AvgIpc) is 3.37. The standard InChI is InChI=1S/C16H16N2O3.C10H8N2O2S.C2HF3O2/c17-10-11-5-4-8-13(9-11)15(19)18-14(16(20)21)12-6-2-1-3-7-12;11-4-6-5-2-1-3-7(13)8(5)15-9(6)10(12)14;3-2(4,5)1(6)7/h1-9,14H,10,17H2,(H,18,19)(H,20,21);1-3H2,(H2,12,14);(H,6,7). The molecule has 226 valence electrons. The summed E-state index contributed by atoms with van der Waals surface area (Å²) in [5.41, 5.74) is 13.4. The number of nitriles is 1. The third-order valence-electron chi connectivity index (χ3n) is 5.75. The van der Waals surface area contributed by atoms with Crippen LogP contribution >= 0.6 is 11.3 Å². The number of hydrogen-bond donors (Lipinski definition) is 5. The number of amides is 2. The molecule has 11 nitrogen and oxygen atoms in total. The van der Waals surface area contributed by atoms with Crippen molar-refractivity contribution in [2.45, 2.75) is 38.0 Å². The van der Waals surface area contributed by atoms with E-state index in [1.54, 1.807) is 48.5 Å². The van der Waals surface area contributed by atoms with Gasteiger partial charge in [-0.2, -0.15) is 18.4 Å². The van der Waals surface area contributed by atoms with Gasteiger partial charge in [0.25, 0.3) is 11.8 Å². The number of Topliss-reactive ketones (excluding diaryl/α,β-unsaturated/α-hetero) is 1. The van der Waals surface area contributed by atoms with E-state index in [2.05, 4.69) is 5.32 Å². The minimum atomic E-state index is -5.08. The van der Waals surface area contributed by atoms with Crippen LogP contribution in [0.15, 0.2) is 54.6 Å². The molecule has 7 N–H and O–H groups in total. The highest BCUT2D eigenvalue weighted by Crippen LogP contribution is 2.33. The monoisotopic (exact) mass is 618 g/mol. The maximum absolute atomic E-state index is 12.2. The Morgan fingerprint density at radius 2 is 1.67 bits per heavy atom. The van der Waals surface area contributed by atoms with Crippen molar-refractivity contribution in [1.82, 2.24) is 5.32 Å². The summed E-state index contributed by atoms with van der Waals surface area (Å²) in [4.78, 5) is 55.8. The van der Waals surface area contributed by atoms with Gasteiger partial charge in [-0.05, 0) is 41.7 Å². The van der Waals surface area contributed by atoms with Gasteiger partial charge < -0.3 is 27.0 Å². The second-order valence-electron chi connectivity index (χ2n) is 8.73. The van der Waals surface area contributed by atoms with E-state index in [-0.39, 0.29) is 10.7 Å². The average molecular weight is 619 g/mol. The number of nitrogens with zero attached hydrogens (tertiary/aromatic N) is 1. The smallest absolute Gasteiger partial charge is 0.479 e. The first-order chi connectivity index (χ1) is 20.2. The van der Waals surface area contributed by atoms with Crippen molar-refractivity contribution in [3.63, 3.8) is 0 Å². The van der Waals surface area contributed by atoms with E-state index in [0.717, 1.165) is 23.3 Å². The number of nitrogens with two attached hydrogens (primary N) is 2. The van der Waals surface area contributed by atoms with Crippen molar-refractivity contribution < 1.29 is 47.4 Å². The van der Waals surface area contributed by atoms with Crippen molar-refractivity contribution in [3.05, 3.63) is 92.2 Å². The highest BCUT2D eigenvalue weighted by atomic mass is 32.1. The number of primary amides is 1. The quantitative estimate of drug-likeness (QED) is 0.273. The number of halogens is 3. The first-order valence-corrected chi connectivity index (χ1v) is 13.1. The van der Waals surface area contributed by atoms with Crippen LogP contribution in [0.25, 0.3) is 0 Å². The predicted molar refractivity (Wildman–Crippen MR) is 147 cm³/mol. The predicted octanol–water partition coefficient (Wildman–Crippen LogP) is 3.57. The number of carboxylic acid groups (broad SMARTS) is 2. The van der Waals surface area contributed by atoms with E-state index in [0.29, 0.717) is 46.5 Å². The van der Waals surface area contributed by atoms with Gasteiger partial charge in [-0.15, -0.1) is 11.3 Å². The second-order valence-corrected chi connectivity index (χ2v) is 9.75. The van der Waals surface area contributed by atoms with E-state index in [1.807, 2.05) is 12.1 Å². The largest absolute Gasteiger partial charge is 0.490 e. The number of aliphatic carboxylic acids is 2. The number of alkyl halides is 3. The Kier molecular flexibility index (Phi) is 12.1. The molecule has 0 saturated carbocycles. The van der Waals surface area contributed by atoms with E-state index in [1.165, 1.54) is 0 Å². The van der Waals surface area contributed by atoms with Crippen LogP contribution in [0.1, 0.15) is 70.8 Å². The number of carboxylic acids is 2. The maximum atomic E-state index is 12.2. The Bertz CT molecular complexity index is 1550. The lowest BCUT2D eigenvalue weighted by molar-refractivity contribution is -0.192. The van der Waals surface area contributed by atoms with E-state index >= 15 is 0 Å². The van der Waals surface area contributed by atoms with Gasteiger partial charge in [-0.3, -0.25) is 14.4 Å². The molecular formula is C28H25F3N4O7S. The highest BCUT2D eigenvalue weighted by Gasteiger charge is 2.38. The molecule has 1 aromatic heterocycles. The van der Waals surface area contributed by atoms with Crippen molar-refractivity contribution in [1.29, 1.82) is 5.26 Å². The van der Waals surface area contributed by atoms with Crippen LogP contribution in [0.4, 0.5) is 13.2 Å². The number of nitrogens with one attached hydrogen (secondary N) is 1. The summed E-state index contributed by atoms with van der Waals surface area (Å²) in [5, 5.41) is 27.9. The first kappa shape index (κ1) is 34.1. The van der Waals surface area contributed by atoms with Crippen LogP contribution in [-0.2, 0) is 22.6 Å². The van der Waals surface area contributed by atoms with Crippen LogP contribution in [0.3, 0.4) is 0 Å². The number of thiophene rings is 1. The van der Waals surface area contributed by atoms with Crippen LogP contribution < -0.4 is 16.8 Å². The first-order valence-electron chi connectivity index (χ1n) is 12.3. The highest BCUT2D eigenvalue weighted by molar-refractivity contribution is 7.16. The summed E-state index contributed by atoms with van der Waals surface area (Å²) in [6, 6.07) is 16.2. The van der Waals surface area contributed by atoms with Gasteiger partial charge in [-0.25, -0.2) is 9.59 Å². The number of carbonyl (C=O) groups is 5. The zero-order chi connectivity index (χ0) is 32.3. The van der Waals surface area contributed by atoms with Gasteiger partial charge in [0.05, 0.1) is 10.4 Å². The molecule has 1 heterocycles. The molecule has 0 radical (unpaired) electrons. The molecular weight excluding hydrogens is 593 g/mol. The van der Waals surface area contributed by atoms with E-state index in [4.69, 9.17) is 26.6 Å². The lowest BCUT2D eigenvalue weighted by Crippen LogP contribution is -2.33. The van der Waals surface area contributed by atoms with Gasteiger partial charge in [-0.1, -0.05) is 42.5 Å². The molecule has 1 aliphatic rings. The zero-order valence-electron chi connectivity index (χ0n) is 22.2. The molecule has 3 aromatic rings. The molecule has 2 aromatic carbocycles. The Morgan fingerprint density at radius 1 is 1.05 bits per heavy atom. The van der Waals surface area contributed by atoms with Gasteiger partial charge in [0, 0.05) is 18.5 Å². The molecule has 43 heavy (non-hydrogen) atoms. The number of hydrogen-bond acceptors (Lipinski definition) is 8. The van der Waals surface area contributed by atoms with Crippen molar-refractivity contribution in [3.8, 4) is 6.07 Å². The van der Waals surface area contributed by atoms with Crippen molar-refractivity contribution in [2.75, 3.05) is 0 Å². The van der Waals surface area contributed by atoms with Gasteiger partial charge in [0.1, 0.15) is 10.9 Å². The number of carbonyl (C=O) groups excluding carboxylic acids is 3. The summed E-state index contributed by atoms with van der Waals surface area (Å²) in [6.45, 7) is 0.322. The van der Waals surface area contributed by atoms with Crippen LogP contribution in [0, 0.1) is 11.3 Å². The fraction of sp³-hybridized carbons (Fsp3) is 0.214. The van der Waals surface area contributed by atoms with Gasteiger partial charge >= 0.3 is 18.1 Å². The lowest BCUT2D eigenvalue weighted by atomic mass is 9.94. The summed E-state index contributed by atoms with van der Waals surface area (Å²) in [5.74, 6) is -4.91. The minimum absolute atomic E-state index is 0.0188. The molecule has 0 spiro atoms. The summed E-state index contributed by atoms with van der Waals surface area (Å²) in [6.07, 6.45) is -3.15. The molecule has 1 atom stereocenters. The third kappa shape index (κ3) is 9.48. The number of benzene rings is 2. The Balaban J connectivity index is 0.000000255. The third-order valence-corrected chi connectivity index (χ3v) is 7.04. The molecule has 1 aliphatic carbocycles. The minimum Gasteiger partial charge on any atom is -0.479 e. The lowest BCUT2D eigenvalue weighted by Gasteiger charge is -2.15. The van der Waals surface area contributed by atoms with Crippen LogP contribution in [0.5, 0.6) is 0 Å². The van der Waals surface area contributed by atoms with Crippen LogP contribution in [-0.4, -0.2) is 45.9 Å². The molecule has 0 saturated heterocycles. The fourth-order valence-corrected chi connectivity index (χ4v) is 4.87. The Hall–Kier alpha value is -5.07. The topological polar surface area (TPSA) is 214 Å². The number of rotatable bonds is 6. The maximum Gasteiger partial charge on any atom is 0.490 e. The normalized spacial score (nSPS) is 12.6. The van der Waals surface area contributed by atoms with Gasteiger partial charge in [0.2, 0.25) is 0 Å². The summed E-state index contributed by atoms with van der Waals surface area (Å²) < 4.78 is 31.7. The van der Waals surface area contributed by atoms with Gasteiger partial charge in [0.15, 0.2) is 11.8 Å². The number of ketones is 1.